The number of benzene rings is 2. The summed E-state index contributed by atoms with van der Waals surface area (Å²) >= 11 is 6.26. The Morgan fingerprint density at radius 3 is 1.43 bits per heavy atom. The van der Waals surface area contributed by atoms with Crippen LogP contribution in [0.5, 0.6) is 23.0 Å². The van der Waals surface area contributed by atoms with Gasteiger partial charge in [0.15, 0.2) is 23.0 Å². The number of phenolic OH excluding ortho intramolecular Hbond substituents is 4. The van der Waals surface area contributed by atoms with E-state index >= 15 is 0 Å². The Balaban J connectivity index is 2.02. The van der Waals surface area contributed by atoms with Crippen LogP contribution in [0.1, 0.15) is 11.1 Å². The third-order valence-corrected chi connectivity index (χ3v) is 3.95. The van der Waals surface area contributed by atoms with Crippen LogP contribution in [0.25, 0.3) is 0 Å². The lowest BCUT2D eigenvalue weighted by Crippen LogP contribution is -1.95. The van der Waals surface area contributed by atoms with E-state index in [2.05, 4.69) is 31.9 Å². The predicted octanol–water partition coefficient (Wildman–Crippen LogP) is 3.75. The molecule has 0 fully saturated rings. The van der Waals surface area contributed by atoms with Gasteiger partial charge in [0, 0.05) is 0 Å². The summed E-state index contributed by atoms with van der Waals surface area (Å²) < 4.78 is 6.24. The number of rotatable bonds is 4. The van der Waals surface area contributed by atoms with Crippen LogP contribution in [0.3, 0.4) is 0 Å². The van der Waals surface area contributed by atoms with Crippen LogP contribution in [-0.2, 0) is 18.0 Å². The maximum Gasteiger partial charge on any atom is 0.171 e. The van der Waals surface area contributed by atoms with Crippen LogP contribution in [0, 0.1) is 0 Å². The first-order chi connectivity index (χ1) is 9.88. The molecule has 7 heteroatoms. The highest BCUT2D eigenvalue weighted by molar-refractivity contribution is 9.10. The van der Waals surface area contributed by atoms with Crippen molar-refractivity contribution < 1.29 is 25.2 Å². The van der Waals surface area contributed by atoms with Crippen LogP contribution in [0.15, 0.2) is 33.2 Å². The summed E-state index contributed by atoms with van der Waals surface area (Å²) in [5, 5.41) is 37.8. The molecule has 2 aromatic carbocycles. The third-order valence-electron chi connectivity index (χ3n) is 2.74. The number of phenols is 4. The fourth-order valence-corrected chi connectivity index (χ4v) is 2.73. The van der Waals surface area contributed by atoms with E-state index in [0.29, 0.717) is 20.1 Å². The Bertz CT molecular complexity index is 569. The summed E-state index contributed by atoms with van der Waals surface area (Å²) in [4.78, 5) is 0. The SMILES string of the molecule is Oc1cc(COCc2cc(O)c(O)c(Br)c2)cc(Br)c1O. The Labute approximate surface area is 137 Å². The molecule has 5 nitrogen and oxygen atoms in total. The van der Waals surface area contributed by atoms with Crippen molar-refractivity contribution in [1.29, 1.82) is 0 Å². The first kappa shape index (κ1) is 15.9. The second-order valence-electron chi connectivity index (χ2n) is 4.38. The van der Waals surface area contributed by atoms with Crippen LogP contribution < -0.4 is 0 Å². The molecule has 0 radical (unpaired) electrons. The Kier molecular flexibility index (Phi) is 4.97. The average Bonchev–Trinajstić information content (AvgIpc) is 2.42. The molecular weight excluding hydrogens is 408 g/mol. The number of aromatic hydroxyl groups is 4. The molecule has 112 valence electrons. The highest BCUT2D eigenvalue weighted by Gasteiger charge is 2.09. The van der Waals surface area contributed by atoms with Crippen molar-refractivity contribution in [2.45, 2.75) is 13.2 Å². The molecule has 0 unspecified atom stereocenters. The first-order valence-corrected chi connectivity index (χ1v) is 7.45. The van der Waals surface area contributed by atoms with Crippen LogP contribution in [0.4, 0.5) is 0 Å². The normalized spacial score (nSPS) is 10.8. The number of ether oxygens (including phenoxy) is 1. The van der Waals surface area contributed by atoms with Crippen molar-refractivity contribution in [2.24, 2.45) is 0 Å². The van der Waals surface area contributed by atoms with Gasteiger partial charge in [-0.1, -0.05) is 0 Å². The fraction of sp³-hybridized carbons (Fsp3) is 0.143. The molecule has 2 rings (SSSR count). The van der Waals surface area contributed by atoms with Crippen molar-refractivity contribution in [3.8, 4) is 23.0 Å². The van der Waals surface area contributed by atoms with Crippen LogP contribution >= 0.6 is 31.9 Å². The number of halogens is 2. The molecule has 2 aromatic rings. The minimum Gasteiger partial charge on any atom is -0.504 e. The largest absolute Gasteiger partial charge is 0.504 e. The van der Waals surface area contributed by atoms with Crippen molar-refractivity contribution in [2.75, 3.05) is 0 Å². The van der Waals surface area contributed by atoms with Gasteiger partial charge in [0.25, 0.3) is 0 Å². The smallest absolute Gasteiger partial charge is 0.171 e. The van der Waals surface area contributed by atoms with Gasteiger partial charge in [-0.25, -0.2) is 0 Å². The summed E-state index contributed by atoms with van der Waals surface area (Å²) in [5.41, 5.74) is 1.36. The topological polar surface area (TPSA) is 90.2 Å². The predicted molar refractivity (Wildman–Crippen MR) is 83.4 cm³/mol. The van der Waals surface area contributed by atoms with E-state index in [1.54, 1.807) is 12.1 Å². The zero-order valence-electron chi connectivity index (χ0n) is 10.7. The third kappa shape index (κ3) is 3.81. The standard InChI is InChI=1S/C14H12Br2O5/c15-9-1-7(3-11(17)13(9)19)5-21-6-8-2-10(16)14(20)12(18)4-8/h1-4,17-20H,5-6H2. The van der Waals surface area contributed by atoms with Gasteiger partial charge >= 0.3 is 0 Å². The van der Waals surface area contributed by atoms with Gasteiger partial charge in [-0.2, -0.15) is 0 Å². The van der Waals surface area contributed by atoms with Crippen molar-refractivity contribution in [3.05, 3.63) is 44.3 Å². The Morgan fingerprint density at radius 1 is 0.714 bits per heavy atom. The first-order valence-electron chi connectivity index (χ1n) is 5.87. The van der Waals surface area contributed by atoms with E-state index in [0.717, 1.165) is 0 Å². The minimum absolute atomic E-state index is 0.214. The molecule has 0 spiro atoms. The van der Waals surface area contributed by atoms with Crippen LogP contribution in [-0.4, -0.2) is 20.4 Å². The molecule has 0 aliphatic rings. The maximum atomic E-state index is 9.50. The summed E-state index contributed by atoms with van der Waals surface area (Å²) in [7, 11) is 0. The Hall–Kier alpha value is -1.44. The average molecular weight is 420 g/mol. The van der Waals surface area contributed by atoms with Gasteiger partial charge in [0.2, 0.25) is 0 Å². The van der Waals surface area contributed by atoms with E-state index < -0.39 is 0 Å². The van der Waals surface area contributed by atoms with E-state index in [9.17, 15) is 20.4 Å². The summed E-state index contributed by atoms with van der Waals surface area (Å²) in [6.07, 6.45) is 0. The van der Waals surface area contributed by atoms with Crippen LogP contribution in [0.2, 0.25) is 0 Å². The zero-order chi connectivity index (χ0) is 15.6. The highest BCUT2D eigenvalue weighted by Crippen LogP contribution is 2.35. The fourth-order valence-electron chi connectivity index (χ4n) is 1.73. The van der Waals surface area contributed by atoms with Gasteiger partial charge in [-0.05, 0) is 67.3 Å². The minimum atomic E-state index is -0.229. The zero-order valence-corrected chi connectivity index (χ0v) is 13.8. The molecule has 0 aliphatic heterocycles. The summed E-state index contributed by atoms with van der Waals surface area (Å²) in [6, 6.07) is 6.09. The molecule has 0 saturated heterocycles. The lowest BCUT2D eigenvalue weighted by Gasteiger charge is -2.09. The lowest BCUT2D eigenvalue weighted by molar-refractivity contribution is 0.106. The van der Waals surface area contributed by atoms with E-state index in [1.807, 2.05) is 0 Å². The second kappa shape index (κ2) is 6.55. The molecular formula is C14H12Br2O5. The van der Waals surface area contributed by atoms with Gasteiger partial charge in [0.1, 0.15) is 0 Å². The van der Waals surface area contributed by atoms with Gasteiger partial charge in [-0.3, -0.25) is 0 Å². The Morgan fingerprint density at radius 2 is 1.10 bits per heavy atom. The second-order valence-corrected chi connectivity index (χ2v) is 6.09. The molecule has 4 N–H and O–H groups in total. The monoisotopic (exact) mass is 418 g/mol. The van der Waals surface area contributed by atoms with E-state index in [4.69, 9.17) is 4.74 Å². The van der Waals surface area contributed by atoms with Crippen molar-refractivity contribution >= 4 is 31.9 Å². The van der Waals surface area contributed by atoms with E-state index in [1.165, 1.54) is 12.1 Å². The molecule has 0 atom stereocenters. The van der Waals surface area contributed by atoms with Gasteiger partial charge in [0.05, 0.1) is 22.2 Å². The number of hydrogen-bond donors (Lipinski definition) is 4. The lowest BCUT2D eigenvalue weighted by atomic mass is 10.2. The molecule has 0 heterocycles. The quantitative estimate of drug-likeness (QED) is 0.566. The molecule has 0 amide bonds. The molecule has 0 saturated carbocycles. The molecule has 0 aliphatic carbocycles. The highest BCUT2D eigenvalue weighted by atomic mass is 79.9. The molecule has 0 bridgehead atoms. The summed E-state index contributed by atoms with van der Waals surface area (Å²) in [6.45, 7) is 0.428. The summed E-state index contributed by atoms with van der Waals surface area (Å²) in [5.74, 6) is -0.890. The van der Waals surface area contributed by atoms with Crippen molar-refractivity contribution in [3.63, 3.8) is 0 Å². The maximum absolute atomic E-state index is 9.50. The van der Waals surface area contributed by atoms with Gasteiger partial charge in [-0.15, -0.1) is 0 Å². The molecule has 21 heavy (non-hydrogen) atoms. The van der Waals surface area contributed by atoms with E-state index in [-0.39, 0.29) is 36.2 Å². The number of hydrogen-bond acceptors (Lipinski definition) is 5. The van der Waals surface area contributed by atoms with Gasteiger partial charge < -0.3 is 25.2 Å². The molecule has 0 aromatic heterocycles. The van der Waals surface area contributed by atoms with Crippen molar-refractivity contribution in [1.82, 2.24) is 0 Å².